The van der Waals surface area contributed by atoms with Crippen LogP contribution in [0.3, 0.4) is 0 Å². The van der Waals surface area contributed by atoms with E-state index in [2.05, 4.69) is 4.72 Å². The van der Waals surface area contributed by atoms with Gasteiger partial charge < -0.3 is 0 Å². The zero-order valence-electron chi connectivity index (χ0n) is 14.1. The van der Waals surface area contributed by atoms with E-state index in [1.165, 1.54) is 12.1 Å². The summed E-state index contributed by atoms with van der Waals surface area (Å²) in [4.78, 5) is 0.120. The van der Waals surface area contributed by atoms with Crippen molar-refractivity contribution in [3.63, 3.8) is 0 Å². The van der Waals surface area contributed by atoms with Gasteiger partial charge in [0.25, 0.3) is 10.0 Å². The SMILES string of the molecule is Cc1cccc(S(=O)(=O)Nc2cc(C(C)(C)C)c(C)cc2F)c1. The summed E-state index contributed by atoms with van der Waals surface area (Å²) in [5, 5.41) is 0. The summed E-state index contributed by atoms with van der Waals surface area (Å²) in [6.07, 6.45) is 0. The van der Waals surface area contributed by atoms with Crippen LogP contribution in [-0.4, -0.2) is 8.42 Å². The molecule has 2 aromatic carbocycles. The van der Waals surface area contributed by atoms with Crippen LogP contribution < -0.4 is 4.72 Å². The molecule has 1 N–H and O–H groups in total. The van der Waals surface area contributed by atoms with E-state index in [1.54, 1.807) is 18.2 Å². The Morgan fingerprint density at radius 2 is 1.70 bits per heavy atom. The average molecular weight is 335 g/mol. The number of halogens is 1. The number of benzene rings is 2. The first-order valence-corrected chi connectivity index (χ1v) is 8.89. The van der Waals surface area contributed by atoms with E-state index in [4.69, 9.17) is 0 Å². The Morgan fingerprint density at radius 3 is 2.26 bits per heavy atom. The van der Waals surface area contributed by atoms with Crippen LogP contribution in [0.2, 0.25) is 0 Å². The molecule has 0 aliphatic heterocycles. The molecule has 0 aliphatic carbocycles. The molecule has 0 heterocycles. The van der Waals surface area contributed by atoms with Crippen molar-refractivity contribution in [1.29, 1.82) is 0 Å². The van der Waals surface area contributed by atoms with Gasteiger partial charge in [-0.2, -0.15) is 0 Å². The second-order valence-electron chi connectivity index (χ2n) is 6.82. The Balaban J connectivity index is 2.48. The molecule has 2 rings (SSSR count). The Labute approximate surface area is 137 Å². The van der Waals surface area contributed by atoms with Crippen LogP contribution in [-0.2, 0) is 15.4 Å². The number of aryl methyl sites for hydroxylation is 2. The van der Waals surface area contributed by atoms with Crippen LogP contribution in [0.4, 0.5) is 10.1 Å². The highest BCUT2D eigenvalue weighted by Gasteiger charge is 2.22. The molecule has 0 aliphatic rings. The normalized spacial score (nSPS) is 12.3. The van der Waals surface area contributed by atoms with Crippen LogP contribution in [0.1, 0.15) is 37.5 Å². The summed E-state index contributed by atoms with van der Waals surface area (Å²) in [5.41, 5.74) is 2.30. The van der Waals surface area contributed by atoms with Gasteiger partial charge in [-0.3, -0.25) is 4.72 Å². The molecule has 0 unspecified atom stereocenters. The minimum Gasteiger partial charge on any atom is -0.277 e. The van der Waals surface area contributed by atoms with Crippen LogP contribution in [0.5, 0.6) is 0 Å². The second-order valence-corrected chi connectivity index (χ2v) is 8.50. The molecule has 0 radical (unpaired) electrons. The monoisotopic (exact) mass is 335 g/mol. The Hall–Kier alpha value is -1.88. The van der Waals surface area contributed by atoms with Crippen LogP contribution >= 0.6 is 0 Å². The van der Waals surface area contributed by atoms with E-state index in [9.17, 15) is 12.8 Å². The Kier molecular flexibility index (Phi) is 4.53. The third-order valence-electron chi connectivity index (χ3n) is 3.67. The van der Waals surface area contributed by atoms with E-state index >= 15 is 0 Å². The van der Waals surface area contributed by atoms with Crippen molar-refractivity contribution in [3.8, 4) is 0 Å². The molecule has 0 aromatic heterocycles. The largest absolute Gasteiger partial charge is 0.277 e. The molecule has 0 spiro atoms. The molecule has 0 fully saturated rings. The summed E-state index contributed by atoms with van der Waals surface area (Å²) in [6, 6.07) is 9.47. The smallest absolute Gasteiger partial charge is 0.261 e. The quantitative estimate of drug-likeness (QED) is 0.895. The first-order chi connectivity index (χ1) is 10.5. The van der Waals surface area contributed by atoms with Crippen molar-refractivity contribution in [1.82, 2.24) is 0 Å². The topological polar surface area (TPSA) is 46.2 Å². The van der Waals surface area contributed by atoms with E-state index in [0.717, 1.165) is 16.7 Å². The zero-order valence-corrected chi connectivity index (χ0v) is 14.9. The van der Waals surface area contributed by atoms with Gasteiger partial charge in [-0.1, -0.05) is 32.9 Å². The van der Waals surface area contributed by atoms with Crippen molar-refractivity contribution in [3.05, 3.63) is 58.9 Å². The molecule has 124 valence electrons. The highest BCUT2D eigenvalue weighted by Crippen LogP contribution is 2.31. The van der Waals surface area contributed by atoms with Gasteiger partial charge in [0.2, 0.25) is 0 Å². The predicted molar refractivity (Wildman–Crippen MR) is 91.8 cm³/mol. The van der Waals surface area contributed by atoms with E-state index < -0.39 is 15.8 Å². The lowest BCUT2D eigenvalue weighted by Crippen LogP contribution is -2.17. The second kappa shape index (κ2) is 5.96. The molecule has 2 aromatic rings. The van der Waals surface area contributed by atoms with Gasteiger partial charge >= 0.3 is 0 Å². The number of sulfonamides is 1. The van der Waals surface area contributed by atoms with Gasteiger partial charge in [0.15, 0.2) is 0 Å². The summed E-state index contributed by atoms with van der Waals surface area (Å²) < 4.78 is 41.5. The predicted octanol–water partition coefficient (Wildman–Crippen LogP) is 4.54. The highest BCUT2D eigenvalue weighted by molar-refractivity contribution is 7.92. The standard InChI is InChI=1S/C18H22FNO2S/c1-12-7-6-8-14(9-12)23(21,22)20-17-11-15(18(3,4)5)13(2)10-16(17)19/h6-11,20H,1-5H3. The minimum atomic E-state index is -3.82. The van der Waals surface area contributed by atoms with Gasteiger partial charge in [0, 0.05) is 0 Å². The zero-order chi connectivity index (χ0) is 17.4. The Bertz CT molecular complexity index is 837. The van der Waals surface area contributed by atoms with Crippen molar-refractivity contribution >= 4 is 15.7 Å². The molecule has 0 saturated heterocycles. The number of hydrogen-bond acceptors (Lipinski definition) is 2. The van der Waals surface area contributed by atoms with Gasteiger partial charge in [0.1, 0.15) is 5.82 Å². The maximum atomic E-state index is 14.2. The number of anilines is 1. The lowest BCUT2D eigenvalue weighted by Gasteiger charge is -2.23. The van der Waals surface area contributed by atoms with E-state index in [1.807, 2.05) is 40.7 Å². The van der Waals surface area contributed by atoms with Crippen LogP contribution in [0.25, 0.3) is 0 Å². The van der Waals surface area contributed by atoms with Gasteiger partial charge in [-0.25, -0.2) is 12.8 Å². The van der Waals surface area contributed by atoms with Crippen molar-refractivity contribution in [2.45, 2.75) is 44.9 Å². The molecular formula is C18H22FNO2S. The molecule has 0 amide bonds. The maximum absolute atomic E-state index is 14.2. The van der Waals surface area contributed by atoms with E-state index in [0.29, 0.717) is 0 Å². The summed E-state index contributed by atoms with van der Waals surface area (Å²) in [7, 11) is -3.82. The van der Waals surface area contributed by atoms with Crippen molar-refractivity contribution in [2.24, 2.45) is 0 Å². The fourth-order valence-corrected chi connectivity index (χ4v) is 3.71. The lowest BCUT2D eigenvalue weighted by molar-refractivity contribution is 0.578. The van der Waals surface area contributed by atoms with Gasteiger partial charge in [-0.05, 0) is 60.2 Å². The Morgan fingerprint density at radius 1 is 1.04 bits per heavy atom. The number of hydrogen-bond donors (Lipinski definition) is 1. The third kappa shape index (κ3) is 3.91. The van der Waals surface area contributed by atoms with Crippen LogP contribution in [0, 0.1) is 19.7 Å². The van der Waals surface area contributed by atoms with E-state index in [-0.39, 0.29) is 16.0 Å². The molecular weight excluding hydrogens is 313 g/mol. The number of nitrogens with one attached hydrogen (secondary N) is 1. The van der Waals surface area contributed by atoms with Crippen LogP contribution in [0.15, 0.2) is 41.3 Å². The first-order valence-electron chi connectivity index (χ1n) is 7.41. The number of rotatable bonds is 3. The summed E-state index contributed by atoms with van der Waals surface area (Å²) in [5.74, 6) is -0.577. The van der Waals surface area contributed by atoms with Crippen molar-refractivity contribution in [2.75, 3.05) is 4.72 Å². The molecule has 5 heteroatoms. The molecule has 3 nitrogen and oxygen atoms in total. The average Bonchev–Trinajstić information content (AvgIpc) is 2.40. The van der Waals surface area contributed by atoms with Gasteiger partial charge in [-0.15, -0.1) is 0 Å². The first kappa shape index (κ1) is 17.5. The molecule has 0 bridgehead atoms. The van der Waals surface area contributed by atoms with Crippen molar-refractivity contribution < 1.29 is 12.8 Å². The fraction of sp³-hybridized carbons (Fsp3) is 0.333. The lowest BCUT2D eigenvalue weighted by atomic mass is 9.84. The summed E-state index contributed by atoms with van der Waals surface area (Å²) in [6.45, 7) is 9.65. The molecule has 0 atom stereocenters. The fourth-order valence-electron chi connectivity index (χ4n) is 2.55. The molecule has 23 heavy (non-hydrogen) atoms. The molecule has 0 saturated carbocycles. The minimum absolute atomic E-state index is 0.0259. The third-order valence-corrected chi connectivity index (χ3v) is 5.03. The maximum Gasteiger partial charge on any atom is 0.261 e. The van der Waals surface area contributed by atoms with Gasteiger partial charge in [0.05, 0.1) is 10.6 Å². The highest BCUT2D eigenvalue weighted by atomic mass is 32.2. The summed E-state index contributed by atoms with van der Waals surface area (Å²) >= 11 is 0.